The topological polar surface area (TPSA) is 61.9 Å². The number of carbonyl (C=O) groups excluding carboxylic acids is 2. The first-order valence-corrected chi connectivity index (χ1v) is 3.46. The van der Waals surface area contributed by atoms with Crippen LogP contribution in [-0.4, -0.2) is 42.6 Å². The van der Waals surface area contributed by atoms with Gasteiger partial charge in [-0.05, 0) is 0 Å². The van der Waals surface area contributed by atoms with Crippen molar-refractivity contribution >= 4 is 11.9 Å². The Balaban J connectivity index is 1.91. The van der Waals surface area contributed by atoms with Crippen LogP contribution in [0.2, 0.25) is 0 Å². The second kappa shape index (κ2) is 2.20. The van der Waals surface area contributed by atoms with Crippen molar-refractivity contribution in [1.29, 1.82) is 0 Å². The maximum Gasteiger partial charge on any atom is 0.324 e. The Hall–Kier alpha value is -1.10. The zero-order valence-electron chi connectivity index (χ0n) is 5.87. The van der Waals surface area contributed by atoms with E-state index in [0.717, 1.165) is 0 Å². The highest BCUT2D eigenvalue weighted by atomic mass is 16.6. The average molecular weight is 156 g/mol. The average Bonchev–Trinajstić information content (AvgIpc) is 2.64. The predicted molar refractivity (Wildman–Crippen MR) is 34.9 cm³/mol. The molecule has 0 saturated carbocycles. The van der Waals surface area contributed by atoms with Gasteiger partial charge in [0.05, 0.1) is 19.3 Å². The van der Waals surface area contributed by atoms with Gasteiger partial charge in [-0.25, -0.2) is 4.79 Å². The third-order valence-corrected chi connectivity index (χ3v) is 1.69. The summed E-state index contributed by atoms with van der Waals surface area (Å²) in [7, 11) is 0. The Kier molecular flexibility index (Phi) is 1.32. The molecule has 2 heterocycles. The molecule has 0 aromatic heterocycles. The van der Waals surface area contributed by atoms with E-state index in [1.165, 1.54) is 4.90 Å². The van der Waals surface area contributed by atoms with Crippen molar-refractivity contribution in [3.8, 4) is 0 Å². The molecule has 5 nitrogen and oxygen atoms in total. The lowest BCUT2D eigenvalue weighted by molar-refractivity contribution is -0.118. The fourth-order valence-corrected chi connectivity index (χ4v) is 1.05. The van der Waals surface area contributed by atoms with E-state index in [4.69, 9.17) is 4.74 Å². The van der Waals surface area contributed by atoms with Crippen molar-refractivity contribution < 1.29 is 14.3 Å². The first-order chi connectivity index (χ1) is 5.25. The van der Waals surface area contributed by atoms with Gasteiger partial charge < -0.3 is 9.64 Å². The monoisotopic (exact) mass is 156 g/mol. The van der Waals surface area contributed by atoms with E-state index in [0.29, 0.717) is 13.2 Å². The lowest BCUT2D eigenvalue weighted by Crippen LogP contribution is -2.31. The summed E-state index contributed by atoms with van der Waals surface area (Å²) < 4.78 is 4.92. The van der Waals surface area contributed by atoms with Gasteiger partial charge in [0.2, 0.25) is 5.91 Å². The fraction of sp³-hybridized carbons (Fsp3) is 0.667. The molecule has 3 amide bonds. The highest BCUT2D eigenvalue weighted by Gasteiger charge is 2.33. The molecule has 2 aliphatic heterocycles. The molecule has 2 saturated heterocycles. The van der Waals surface area contributed by atoms with Gasteiger partial charge in [0.25, 0.3) is 0 Å². The lowest BCUT2D eigenvalue weighted by Gasteiger charge is -2.09. The minimum Gasteiger partial charge on any atom is -0.371 e. The summed E-state index contributed by atoms with van der Waals surface area (Å²) in [5, 5.41) is 2.19. The van der Waals surface area contributed by atoms with Crippen LogP contribution in [0.25, 0.3) is 0 Å². The summed E-state index contributed by atoms with van der Waals surface area (Å²) in [6, 6.07) is -0.300. The van der Waals surface area contributed by atoms with Gasteiger partial charge in [0, 0.05) is 0 Å². The molecule has 2 fully saturated rings. The number of hydrogen-bond donors (Lipinski definition) is 1. The van der Waals surface area contributed by atoms with Crippen LogP contribution in [0.1, 0.15) is 0 Å². The van der Waals surface area contributed by atoms with Crippen LogP contribution in [0.15, 0.2) is 0 Å². The largest absolute Gasteiger partial charge is 0.371 e. The van der Waals surface area contributed by atoms with E-state index >= 15 is 0 Å². The molecule has 5 heteroatoms. The molecule has 11 heavy (non-hydrogen) atoms. The van der Waals surface area contributed by atoms with Gasteiger partial charge in [-0.1, -0.05) is 0 Å². The van der Waals surface area contributed by atoms with E-state index in [1.807, 2.05) is 0 Å². The first-order valence-electron chi connectivity index (χ1n) is 3.46. The summed E-state index contributed by atoms with van der Waals surface area (Å²) in [5.74, 6) is -0.226. The molecule has 1 atom stereocenters. The number of hydrogen-bond acceptors (Lipinski definition) is 3. The normalized spacial score (nSPS) is 29.1. The molecule has 0 radical (unpaired) electrons. The van der Waals surface area contributed by atoms with E-state index in [9.17, 15) is 9.59 Å². The summed E-state index contributed by atoms with van der Waals surface area (Å²) in [4.78, 5) is 23.0. The van der Waals surface area contributed by atoms with Crippen LogP contribution in [-0.2, 0) is 9.53 Å². The smallest absolute Gasteiger partial charge is 0.324 e. The van der Waals surface area contributed by atoms with Crippen molar-refractivity contribution in [2.45, 2.75) is 6.10 Å². The second-order valence-electron chi connectivity index (χ2n) is 2.69. The number of carbonyl (C=O) groups is 2. The highest BCUT2D eigenvalue weighted by molar-refractivity contribution is 6.01. The van der Waals surface area contributed by atoms with Crippen molar-refractivity contribution in [1.82, 2.24) is 10.2 Å². The Labute approximate surface area is 63.3 Å². The number of nitrogens with one attached hydrogen (secondary N) is 1. The standard InChI is InChI=1S/C6H8N2O3/c9-5-2-8(6(10)7-5)1-4-3-11-4/h4H,1-3H2,(H,7,9,10)/t4-/m1/s1. The molecular formula is C6H8N2O3. The van der Waals surface area contributed by atoms with Gasteiger partial charge in [-0.15, -0.1) is 0 Å². The van der Waals surface area contributed by atoms with Gasteiger partial charge in [-0.2, -0.15) is 0 Å². The van der Waals surface area contributed by atoms with E-state index in [1.54, 1.807) is 0 Å². The summed E-state index contributed by atoms with van der Waals surface area (Å²) in [5.41, 5.74) is 0. The van der Waals surface area contributed by atoms with Crippen LogP contribution in [0, 0.1) is 0 Å². The number of amides is 3. The number of ether oxygens (including phenoxy) is 1. The number of imide groups is 1. The molecule has 0 spiro atoms. The van der Waals surface area contributed by atoms with Gasteiger partial charge >= 0.3 is 6.03 Å². The van der Waals surface area contributed by atoms with Crippen molar-refractivity contribution in [2.75, 3.05) is 19.7 Å². The van der Waals surface area contributed by atoms with Crippen LogP contribution < -0.4 is 5.32 Å². The van der Waals surface area contributed by atoms with Crippen LogP contribution in [0.5, 0.6) is 0 Å². The molecule has 1 N–H and O–H groups in total. The quantitative estimate of drug-likeness (QED) is 0.409. The maximum atomic E-state index is 10.9. The molecule has 2 rings (SSSR count). The number of urea groups is 1. The maximum absolute atomic E-state index is 10.9. The summed E-state index contributed by atoms with van der Waals surface area (Å²) in [6.07, 6.45) is 0.159. The molecular weight excluding hydrogens is 148 g/mol. The first kappa shape index (κ1) is 6.60. The van der Waals surface area contributed by atoms with E-state index in [-0.39, 0.29) is 24.6 Å². The summed E-state index contributed by atoms with van der Waals surface area (Å²) >= 11 is 0. The molecule has 0 aromatic rings. The minimum absolute atomic E-state index is 0.159. The Morgan fingerprint density at radius 3 is 2.82 bits per heavy atom. The molecule has 2 aliphatic rings. The molecule has 0 unspecified atom stereocenters. The Morgan fingerprint density at radius 2 is 2.36 bits per heavy atom. The van der Waals surface area contributed by atoms with Crippen LogP contribution >= 0.6 is 0 Å². The van der Waals surface area contributed by atoms with Crippen molar-refractivity contribution in [3.05, 3.63) is 0 Å². The zero-order chi connectivity index (χ0) is 7.84. The molecule has 0 bridgehead atoms. The minimum atomic E-state index is -0.300. The predicted octanol–water partition coefficient (Wildman–Crippen LogP) is -1.06. The van der Waals surface area contributed by atoms with Crippen LogP contribution in [0.3, 0.4) is 0 Å². The molecule has 60 valence electrons. The zero-order valence-corrected chi connectivity index (χ0v) is 5.87. The highest BCUT2D eigenvalue weighted by Crippen LogP contribution is 2.12. The van der Waals surface area contributed by atoms with Gasteiger partial charge in [0.15, 0.2) is 0 Å². The fourth-order valence-electron chi connectivity index (χ4n) is 1.05. The number of epoxide rings is 1. The number of rotatable bonds is 2. The van der Waals surface area contributed by atoms with E-state index in [2.05, 4.69) is 5.32 Å². The molecule has 0 aromatic carbocycles. The Bertz CT molecular complexity index is 212. The lowest BCUT2D eigenvalue weighted by atomic mass is 10.4. The molecule has 0 aliphatic carbocycles. The van der Waals surface area contributed by atoms with Crippen LogP contribution in [0.4, 0.5) is 4.79 Å². The van der Waals surface area contributed by atoms with Gasteiger partial charge in [0.1, 0.15) is 6.54 Å². The SMILES string of the molecule is O=C1CN(C[C@@H]2CO2)C(=O)N1. The summed E-state index contributed by atoms with van der Waals surface area (Å²) in [6.45, 7) is 1.42. The van der Waals surface area contributed by atoms with E-state index < -0.39 is 0 Å². The third kappa shape index (κ3) is 1.32. The number of nitrogens with zero attached hydrogens (tertiary/aromatic N) is 1. The van der Waals surface area contributed by atoms with Gasteiger partial charge in [-0.3, -0.25) is 10.1 Å². The van der Waals surface area contributed by atoms with Crippen molar-refractivity contribution in [3.63, 3.8) is 0 Å². The van der Waals surface area contributed by atoms with Crippen molar-refractivity contribution in [2.24, 2.45) is 0 Å². The Morgan fingerprint density at radius 1 is 1.64 bits per heavy atom. The second-order valence-corrected chi connectivity index (χ2v) is 2.69. The third-order valence-electron chi connectivity index (χ3n) is 1.69.